The molecule has 0 radical (unpaired) electrons. The molecule has 4 N–H and O–H groups in total. The van der Waals surface area contributed by atoms with Crippen molar-refractivity contribution in [3.63, 3.8) is 0 Å². The molecule has 0 spiro atoms. The van der Waals surface area contributed by atoms with Gasteiger partial charge in [-0.1, -0.05) is 26.3 Å². The molecule has 0 saturated heterocycles. The van der Waals surface area contributed by atoms with Crippen molar-refractivity contribution in [1.82, 2.24) is 0 Å². The van der Waals surface area contributed by atoms with E-state index in [9.17, 15) is 9.90 Å². The Bertz CT molecular complexity index is 288. The van der Waals surface area contributed by atoms with Gasteiger partial charge < -0.3 is 24.5 Å². The second-order valence-electron chi connectivity index (χ2n) is 3.65. The highest BCUT2D eigenvalue weighted by Gasteiger charge is 2.10. The average molecular weight is 284 g/mol. The van der Waals surface area contributed by atoms with Gasteiger partial charge in [0, 0.05) is 12.0 Å². The van der Waals surface area contributed by atoms with Gasteiger partial charge in [-0.3, -0.25) is 0 Å². The standard InChI is InChI=1S/C10H18O3.H3O4P/c1-4-5-6-7-9(11)13-10(12)8(2)3;1-5(2,3)4/h9,11H,2,4-7H2,1,3H3;(H3,1,2,3,4). The molecule has 0 amide bonds. The summed E-state index contributed by atoms with van der Waals surface area (Å²) in [6.45, 7) is 7.05. The fourth-order valence-corrected chi connectivity index (χ4v) is 0.852. The van der Waals surface area contributed by atoms with E-state index in [2.05, 4.69) is 18.2 Å². The van der Waals surface area contributed by atoms with Crippen LogP contribution in [-0.2, 0) is 14.1 Å². The van der Waals surface area contributed by atoms with E-state index in [0.29, 0.717) is 12.0 Å². The van der Waals surface area contributed by atoms with Crippen LogP contribution >= 0.6 is 7.82 Å². The zero-order valence-corrected chi connectivity index (χ0v) is 11.5. The van der Waals surface area contributed by atoms with Gasteiger partial charge in [0.25, 0.3) is 0 Å². The zero-order valence-electron chi connectivity index (χ0n) is 10.6. The number of carbonyl (C=O) groups excluding carboxylic acids is 1. The van der Waals surface area contributed by atoms with E-state index < -0.39 is 20.1 Å². The molecule has 18 heavy (non-hydrogen) atoms. The van der Waals surface area contributed by atoms with Gasteiger partial charge in [-0.15, -0.1) is 0 Å². The zero-order chi connectivity index (χ0) is 14.8. The summed E-state index contributed by atoms with van der Waals surface area (Å²) < 4.78 is 13.6. The minimum absolute atomic E-state index is 0.314. The molecule has 0 heterocycles. The first kappa shape index (κ1) is 19.6. The van der Waals surface area contributed by atoms with Crippen LogP contribution in [0.1, 0.15) is 39.5 Å². The Labute approximate surface area is 106 Å². The van der Waals surface area contributed by atoms with E-state index in [-0.39, 0.29) is 0 Å². The molecule has 0 fully saturated rings. The van der Waals surface area contributed by atoms with Gasteiger partial charge >= 0.3 is 13.8 Å². The third kappa shape index (κ3) is 20.7. The second-order valence-corrected chi connectivity index (χ2v) is 4.68. The molecule has 0 aromatic heterocycles. The number of hydrogen-bond acceptors (Lipinski definition) is 4. The maximum atomic E-state index is 10.9. The lowest BCUT2D eigenvalue weighted by atomic mass is 10.2. The van der Waals surface area contributed by atoms with Gasteiger partial charge in [-0.2, -0.15) is 0 Å². The van der Waals surface area contributed by atoms with Crippen molar-refractivity contribution in [3.05, 3.63) is 12.2 Å². The van der Waals surface area contributed by atoms with E-state index in [1.165, 1.54) is 0 Å². The van der Waals surface area contributed by atoms with Crippen molar-refractivity contribution >= 4 is 13.8 Å². The number of phosphoric acid groups is 1. The molecular weight excluding hydrogens is 263 g/mol. The maximum Gasteiger partial charge on any atom is 0.466 e. The summed E-state index contributed by atoms with van der Waals surface area (Å²) in [5.74, 6) is -0.524. The predicted molar refractivity (Wildman–Crippen MR) is 65.3 cm³/mol. The van der Waals surface area contributed by atoms with Gasteiger partial charge in [0.2, 0.25) is 6.29 Å². The van der Waals surface area contributed by atoms with Gasteiger partial charge in [-0.25, -0.2) is 9.36 Å². The van der Waals surface area contributed by atoms with Gasteiger partial charge in [0.1, 0.15) is 0 Å². The van der Waals surface area contributed by atoms with Crippen molar-refractivity contribution in [2.75, 3.05) is 0 Å². The van der Waals surface area contributed by atoms with Crippen LogP contribution < -0.4 is 0 Å². The maximum absolute atomic E-state index is 10.9. The Hall–Kier alpha value is -0.720. The van der Waals surface area contributed by atoms with Crippen molar-refractivity contribution in [1.29, 1.82) is 0 Å². The van der Waals surface area contributed by atoms with Crippen LogP contribution in [0.5, 0.6) is 0 Å². The van der Waals surface area contributed by atoms with Gasteiger partial charge in [-0.05, 0) is 13.3 Å². The molecule has 0 rings (SSSR count). The molecule has 0 aliphatic heterocycles. The molecule has 0 bridgehead atoms. The minimum atomic E-state index is -4.64. The molecule has 1 unspecified atom stereocenters. The van der Waals surface area contributed by atoms with Crippen LogP contribution in [0.4, 0.5) is 0 Å². The number of aliphatic hydroxyl groups excluding tert-OH is 1. The summed E-state index contributed by atoms with van der Waals surface area (Å²) in [6.07, 6.45) is 2.53. The third-order valence-electron chi connectivity index (χ3n) is 1.65. The summed E-state index contributed by atoms with van der Waals surface area (Å²) in [5.41, 5.74) is 0.314. The lowest BCUT2D eigenvalue weighted by Gasteiger charge is -2.11. The molecule has 0 aliphatic carbocycles. The number of hydrogen-bond donors (Lipinski definition) is 4. The average Bonchev–Trinajstić information content (AvgIpc) is 2.15. The molecule has 0 aliphatic rings. The summed E-state index contributed by atoms with van der Waals surface area (Å²) in [6, 6.07) is 0. The SMILES string of the molecule is C=C(C)C(=O)OC(O)CCCCC.O=P(O)(O)O. The Balaban J connectivity index is 0. The fourth-order valence-electron chi connectivity index (χ4n) is 0.852. The Morgan fingerprint density at radius 1 is 1.33 bits per heavy atom. The molecule has 1 atom stereocenters. The summed E-state index contributed by atoms with van der Waals surface area (Å²) in [7, 11) is -4.64. The Morgan fingerprint density at radius 3 is 2.11 bits per heavy atom. The van der Waals surface area contributed by atoms with Crippen molar-refractivity contribution in [2.24, 2.45) is 0 Å². The summed E-state index contributed by atoms with van der Waals surface area (Å²) in [5, 5.41) is 9.21. The van der Waals surface area contributed by atoms with Crippen LogP contribution in [0.2, 0.25) is 0 Å². The van der Waals surface area contributed by atoms with Crippen LogP contribution in [0, 0.1) is 0 Å². The molecule has 108 valence electrons. The number of carbonyl (C=O) groups is 1. The highest BCUT2D eigenvalue weighted by Crippen LogP contribution is 2.25. The lowest BCUT2D eigenvalue weighted by Crippen LogP contribution is -2.17. The number of aliphatic hydroxyl groups is 1. The topological polar surface area (TPSA) is 124 Å². The molecule has 0 aromatic carbocycles. The number of rotatable bonds is 6. The van der Waals surface area contributed by atoms with E-state index in [1.807, 2.05) is 0 Å². The summed E-state index contributed by atoms with van der Waals surface area (Å²) >= 11 is 0. The highest BCUT2D eigenvalue weighted by atomic mass is 31.2. The molecule has 0 saturated carbocycles. The van der Waals surface area contributed by atoms with Crippen molar-refractivity contribution < 1.29 is 33.9 Å². The second kappa shape index (κ2) is 10.2. The monoisotopic (exact) mass is 284 g/mol. The predicted octanol–water partition coefficient (Wildman–Crippen LogP) is 1.08. The minimum Gasteiger partial charge on any atom is -0.433 e. The molecule has 7 nitrogen and oxygen atoms in total. The normalized spacial score (nSPS) is 12.1. The molecular formula is C10H21O7P. The molecule has 0 aromatic rings. The first-order valence-electron chi connectivity index (χ1n) is 5.40. The van der Waals surface area contributed by atoms with Gasteiger partial charge in [0.15, 0.2) is 0 Å². The van der Waals surface area contributed by atoms with Crippen molar-refractivity contribution in [2.45, 2.75) is 45.8 Å². The smallest absolute Gasteiger partial charge is 0.433 e. The van der Waals surface area contributed by atoms with E-state index in [0.717, 1.165) is 19.3 Å². The van der Waals surface area contributed by atoms with Crippen LogP contribution in [-0.4, -0.2) is 32.0 Å². The van der Waals surface area contributed by atoms with E-state index in [4.69, 9.17) is 19.2 Å². The largest absolute Gasteiger partial charge is 0.466 e. The first-order valence-corrected chi connectivity index (χ1v) is 6.97. The van der Waals surface area contributed by atoms with Crippen LogP contribution in [0.25, 0.3) is 0 Å². The number of esters is 1. The Morgan fingerprint density at radius 2 is 1.78 bits per heavy atom. The quantitative estimate of drug-likeness (QED) is 0.189. The number of unbranched alkanes of at least 4 members (excludes halogenated alkanes) is 2. The first-order chi connectivity index (χ1) is 8.07. The third-order valence-corrected chi connectivity index (χ3v) is 1.65. The molecule has 8 heteroatoms. The fraction of sp³-hybridized carbons (Fsp3) is 0.700. The van der Waals surface area contributed by atoms with Crippen LogP contribution in [0.15, 0.2) is 12.2 Å². The Kier molecular flexibility index (Phi) is 11.1. The summed E-state index contributed by atoms with van der Waals surface area (Å²) in [4.78, 5) is 32.5. The lowest BCUT2D eigenvalue weighted by molar-refractivity contribution is -0.163. The number of ether oxygens (including phenoxy) is 1. The van der Waals surface area contributed by atoms with Gasteiger partial charge in [0.05, 0.1) is 0 Å². The van der Waals surface area contributed by atoms with E-state index in [1.54, 1.807) is 6.92 Å². The van der Waals surface area contributed by atoms with Crippen molar-refractivity contribution in [3.8, 4) is 0 Å². The van der Waals surface area contributed by atoms with Crippen LogP contribution in [0.3, 0.4) is 0 Å². The highest BCUT2D eigenvalue weighted by molar-refractivity contribution is 7.45. The van der Waals surface area contributed by atoms with E-state index >= 15 is 0 Å².